The summed E-state index contributed by atoms with van der Waals surface area (Å²) in [5, 5.41) is 14.0. The molecular formula is C106H66N8. The van der Waals surface area contributed by atoms with E-state index in [1.165, 1.54) is 43.5 Å². The highest BCUT2D eigenvalue weighted by molar-refractivity contribution is 6.27. The normalized spacial score (nSPS) is 11.9. The van der Waals surface area contributed by atoms with Gasteiger partial charge < -0.3 is 18.3 Å². The Morgan fingerprint density at radius 1 is 0.167 bits per heavy atom. The lowest BCUT2D eigenvalue weighted by atomic mass is 9.95. The Labute approximate surface area is 655 Å². The van der Waals surface area contributed by atoms with E-state index >= 15 is 0 Å². The molecule has 17 aromatic carbocycles. The van der Waals surface area contributed by atoms with Crippen LogP contribution >= 0.6 is 0 Å². The number of benzene rings is 17. The molecule has 114 heavy (non-hydrogen) atoms. The van der Waals surface area contributed by atoms with Crippen molar-refractivity contribution in [2.45, 2.75) is 0 Å². The standard InChI is InChI=1S/C106H66N8/c1-5-23-67(24-6-1)69-49-53-82(54-50-69)113-99-42-22-38-84(100(99)91-60-59-90-87-37-17-20-41-98(87)114(103(90)104(91)113)83-34-21-31-78(64-83)106-107-92(71-26-7-2-8-27-71)65-93(108-106)72-28-9-3-10-29-72)75-46-43-70-45-48-77(63-79(70)62-75)95-66-94(76-47-44-68-25-13-14-30-74(68)61-76)109-105(110-95)73-51-55-81(56-52-73)112-97-40-19-16-36-86(97)89-58-57-88-85-35-15-18-39-96(85)111(101(88)102(89)112)80-32-11-4-12-33-80/h1-66H. The van der Waals surface area contributed by atoms with E-state index in [1.54, 1.807) is 0 Å². The van der Waals surface area contributed by atoms with Crippen LogP contribution in [0.3, 0.4) is 0 Å². The Hall–Kier alpha value is -15.4. The zero-order chi connectivity index (χ0) is 74.9. The van der Waals surface area contributed by atoms with Gasteiger partial charge >= 0.3 is 0 Å². The van der Waals surface area contributed by atoms with Crippen LogP contribution in [0.1, 0.15) is 0 Å². The zero-order valence-corrected chi connectivity index (χ0v) is 61.7. The third kappa shape index (κ3) is 10.5. The number of para-hydroxylation sites is 4. The first-order valence-corrected chi connectivity index (χ1v) is 38.8. The number of fused-ring (bicyclic) bond motifs is 16. The molecule has 0 saturated carbocycles. The van der Waals surface area contributed by atoms with Gasteiger partial charge in [-0.1, -0.05) is 285 Å². The van der Waals surface area contributed by atoms with Crippen molar-refractivity contribution in [3.63, 3.8) is 0 Å². The highest BCUT2D eigenvalue weighted by Crippen LogP contribution is 2.48. The summed E-state index contributed by atoms with van der Waals surface area (Å²) in [6.45, 7) is 0. The lowest BCUT2D eigenvalue weighted by Gasteiger charge is -2.14. The van der Waals surface area contributed by atoms with Gasteiger partial charge in [-0.3, -0.25) is 0 Å². The first-order chi connectivity index (χ1) is 56.5. The molecule has 0 aliphatic rings. The van der Waals surface area contributed by atoms with Gasteiger partial charge in [0.25, 0.3) is 0 Å². The van der Waals surface area contributed by atoms with E-state index < -0.39 is 0 Å². The topological polar surface area (TPSA) is 71.3 Å². The van der Waals surface area contributed by atoms with Crippen molar-refractivity contribution in [2.24, 2.45) is 0 Å². The minimum atomic E-state index is 0.642. The minimum absolute atomic E-state index is 0.642. The van der Waals surface area contributed by atoms with Crippen molar-refractivity contribution in [3.8, 4) is 113 Å². The van der Waals surface area contributed by atoms with E-state index in [2.05, 4.69) is 407 Å². The van der Waals surface area contributed by atoms with Gasteiger partial charge in [-0.15, -0.1) is 0 Å². The first kappa shape index (κ1) is 64.6. The molecule has 23 rings (SSSR count). The summed E-state index contributed by atoms with van der Waals surface area (Å²) in [6, 6.07) is 145. The largest absolute Gasteiger partial charge is 0.307 e. The summed E-state index contributed by atoms with van der Waals surface area (Å²) >= 11 is 0. The monoisotopic (exact) mass is 1450 g/mol. The second-order valence-electron chi connectivity index (χ2n) is 29.6. The maximum absolute atomic E-state index is 5.57. The third-order valence-electron chi connectivity index (χ3n) is 23.1. The number of hydrogen-bond donors (Lipinski definition) is 0. The Morgan fingerprint density at radius 3 is 1.06 bits per heavy atom. The van der Waals surface area contributed by atoms with Crippen molar-refractivity contribution in [1.29, 1.82) is 0 Å². The minimum Gasteiger partial charge on any atom is -0.307 e. The van der Waals surface area contributed by atoms with Crippen LogP contribution in [0, 0.1) is 0 Å². The molecule has 23 aromatic rings. The Bertz CT molecular complexity index is 7750. The lowest BCUT2D eigenvalue weighted by Crippen LogP contribution is -2.00. The van der Waals surface area contributed by atoms with Crippen LogP contribution in [-0.2, 0) is 0 Å². The zero-order valence-electron chi connectivity index (χ0n) is 61.7. The second-order valence-corrected chi connectivity index (χ2v) is 29.6. The SMILES string of the molecule is c1ccc(-c2ccc(-n3c4cccc(-c5ccc6ccc(-c7cc(-c8ccc9ccccc9c8)nc(-c8ccc(-n9c%10ccccc%10c%10ccc%11c%12ccccc%12n(-c%12ccccc%12)c%11c%109)cc8)n7)cc6c5)c4c4ccc5c6ccccc6n(-c6cccc(-c7nc(-c8ccccc8)cc(-c8ccccc8)n7)c6)c5c43)cc2)cc1. The summed E-state index contributed by atoms with van der Waals surface area (Å²) in [4.78, 5) is 21.7. The predicted molar refractivity (Wildman–Crippen MR) is 473 cm³/mol. The van der Waals surface area contributed by atoms with Gasteiger partial charge in [0.2, 0.25) is 0 Å². The summed E-state index contributed by atoms with van der Waals surface area (Å²) < 4.78 is 9.86. The van der Waals surface area contributed by atoms with E-state index in [0.29, 0.717) is 11.6 Å². The molecule has 0 radical (unpaired) electrons. The van der Waals surface area contributed by atoms with Gasteiger partial charge in [0.1, 0.15) is 0 Å². The fraction of sp³-hybridized carbons (Fsp3) is 0. The maximum atomic E-state index is 5.57. The van der Waals surface area contributed by atoms with E-state index in [9.17, 15) is 0 Å². The Balaban J connectivity index is 0.685. The molecule has 0 spiro atoms. The lowest BCUT2D eigenvalue weighted by molar-refractivity contribution is 1.14. The average Bonchev–Trinajstić information content (AvgIpc) is 1.54. The van der Waals surface area contributed by atoms with Crippen LogP contribution in [0.15, 0.2) is 400 Å². The highest BCUT2D eigenvalue weighted by Gasteiger charge is 2.26. The molecule has 530 valence electrons. The molecule has 0 amide bonds. The molecule has 0 atom stereocenters. The Kier molecular flexibility index (Phi) is 14.8. The highest BCUT2D eigenvalue weighted by atomic mass is 15.1. The van der Waals surface area contributed by atoms with Crippen molar-refractivity contribution in [2.75, 3.05) is 0 Å². The summed E-state index contributed by atoms with van der Waals surface area (Å²) in [5.74, 6) is 1.29. The molecule has 6 aromatic heterocycles. The molecule has 0 saturated heterocycles. The first-order valence-electron chi connectivity index (χ1n) is 38.8. The number of hydrogen-bond acceptors (Lipinski definition) is 4. The maximum Gasteiger partial charge on any atom is 0.160 e. The predicted octanol–water partition coefficient (Wildman–Crippen LogP) is 27.3. The van der Waals surface area contributed by atoms with E-state index in [1.807, 2.05) is 12.1 Å². The molecule has 0 fully saturated rings. The number of rotatable bonds is 12. The number of nitrogens with zero attached hydrogens (tertiary/aromatic N) is 8. The van der Waals surface area contributed by atoms with Gasteiger partial charge in [-0.25, -0.2) is 19.9 Å². The van der Waals surface area contributed by atoms with Gasteiger partial charge in [0.05, 0.1) is 66.9 Å². The van der Waals surface area contributed by atoms with Crippen LogP contribution < -0.4 is 0 Å². The van der Waals surface area contributed by atoms with Gasteiger partial charge in [-0.05, 0) is 159 Å². The van der Waals surface area contributed by atoms with Gasteiger partial charge in [-0.2, -0.15) is 0 Å². The van der Waals surface area contributed by atoms with Crippen LogP contribution in [0.2, 0.25) is 0 Å². The molecule has 0 bridgehead atoms. The van der Waals surface area contributed by atoms with E-state index in [0.717, 1.165) is 166 Å². The number of aromatic nitrogens is 8. The molecule has 0 N–H and O–H groups in total. The van der Waals surface area contributed by atoms with Gasteiger partial charge in [0.15, 0.2) is 11.6 Å². The van der Waals surface area contributed by atoms with Crippen LogP contribution in [0.25, 0.3) is 222 Å². The quantitative estimate of drug-likeness (QED) is 0.122. The van der Waals surface area contributed by atoms with Crippen molar-refractivity contribution < 1.29 is 0 Å². The fourth-order valence-corrected chi connectivity index (χ4v) is 17.9. The molecule has 8 heteroatoms. The van der Waals surface area contributed by atoms with Gasteiger partial charge in [0, 0.05) is 99.2 Å². The molecule has 6 heterocycles. The van der Waals surface area contributed by atoms with Crippen LogP contribution in [0.5, 0.6) is 0 Å². The fourth-order valence-electron chi connectivity index (χ4n) is 17.9. The van der Waals surface area contributed by atoms with Crippen LogP contribution in [0.4, 0.5) is 0 Å². The summed E-state index contributed by atoms with van der Waals surface area (Å²) in [5.41, 5.74) is 27.1. The van der Waals surface area contributed by atoms with Crippen molar-refractivity contribution >= 4 is 109 Å². The summed E-state index contributed by atoms with van der Waals surface area (Å²) in [7, 11) is 0. The average molecular weight is 1450 g/mol. The Morgan fingerprint density at radius 2 is 0.509 bits per heavy atom. The molecule has 0 unspecified atom stereocenters. The molecule has 8 nitrogen and oxygen atoms in total. The van der Waals surface area contributed by atoms with Crippen molar-refractivity contribution in [3.05, 3.63) is 400 Å². The van der Waals surface area contributed by atoms with Crippen LogP contribution in [-0.4, -0.2) is 38.2 Å². The molecular weight excluding hydrogens is 1390 g/mol. The molecule has 0 aliphatic heterocycles. The van der Waals surface area contributed by atoms with E-state index in [4.69, 9.17) is 19.9 Å². The van der Waals surface area contributed by atoms with E-state index in [-0.39, 0.29) is 0 Å². The smallest absolute Gasteiger partial charge is 0.160 e. The summed E-state index contributed by atoms with van der Waals surface area (Å²) in [6.07, 6.45) is 0. The third-order valence-corrected chi connectivity index (χ3v) is 23.1. The second kappa shape index (κ2) is 26.2. The van der Waals surface area contributed by atoms with Crippen molar-refractivity contribution in [1.82, 2.24) is 38.2 Å². The molecule has 0 aliphatic carbocycles.